The maximum absolute atomic E-state index is 13.3. The van der Waals surface area contributed by atoms with E-state index in [4.69, 9.17) is 0 Å². The molecule has 3 aliphatic carbocycles. The molecule has 1 atom stereocenters. The lowest BCUT2D eigenvalue weighted by Crippen LogP contribution is -2.40. The van der Waals surface area contributed by atoms with Crippen LogP contribution < -0.4 is 0 Å². The number of carbonyl (C=O) groups is 1. The molecule has 0 saturated heterocycles. The summed E-state index contributed by atoms with van der Waals surface area (Å²) in [7, 11) is -5.90. The largest absolute Gasteiger partial charge is 0.743 e. The number of ether oxygens (including phenoxy) is 1. The zero-order chi connectivity index (χ0) is 19.4. The fourth-order valence-corrected chi connectivity index (χ4v) is 4.41. The summed E-state index contributed by atoms with van der Waals surface area (Å²) < 4.78 is 63.1. The van der Waals surface area contributed by atoms with Crippen LogP contribution >= 0.6 is 0 Å². The van der Waals surface area contributed by atoms with E-state index in [9.17, 15) is 26.5 Å². The van der Waals surface area contributed by atoms with Gasteiger partial charge in [0.25, 0.3) is 0 Å². The highest BCUT2D eigenvalue weighted by Gasteiger charge is 2.48. The van der Waals surface area contributed by atoms with Crippen LogP contribution in [0.2, 0.25) is 0 Å². The quantitative estimate of drug-likeness (QED) is 0.589. The van der Waals surface area contributed by atoms with Gasteiger partial charge in [0.2, 0.25) is 0 Å². The topological polar surface area (TPSA) is 83.5 Å². The van der Waals surface area contributed by atoms with Crippen LogP contribution in [-0.4, -0.2) is 30.8 Å². The van der Waals surface area contributed by atoms with Crippen LogP contribution in [0.5, 0.6) is 0 Å². The minimum atomic E-state index is -5.90. The summed E-state index contributed by atoms with van der Waals surface area (Å²) in [5.74, 6) is -2.06. The van der Waals surface area contributed by atoms with Crippen molar-refractivity contribution in [2.75, 3.05) is 6.61 Å². The van der Waals surface area contributed by atoms with E-state index in [0.717, 1.165) is 22.3 Å². The van der Waals surface area contributed by atoms with E-state index in [1.54, 1.807) is 0 Å². The zero-order valence-electron chi connectivity index (χ0n) is 14.0. The van der Waals surface area contributed by atoms with Crippen LogP contribution in [0.1, 0.15) is 40.5 Å². The summed E-state index contributed by atoms with van der Waals surface area (Å²) in [6, 6.07) is 15.3. The van der Waals surface area contributed by atoms with Gasteiger partial charge in [-0.2, -0.15) is 8.78 Å². The van der Waals surface area contributed by atoms with Gasteiger partial charge in [0.15, 0.2) is 16.7 Å². The monoisotopic (exact) mass is 393 g/mol. The summed E-state index contributed by atoms with van der Waals surface area (Å²) >= 11 is 0. The molecule has 0 aromatic heterocycles. The number of alkyl halides is 2. The maximum atomic E-state index is 13.3. The van der Waals surface area contributed by atoms with E-state index < -0.39 is 33.9 Å². The van der Waals surface area contributed by atoms with Gasteiger partial charge >= 0.3 is 11.2 Å². The Kier molecular flexibility index (Phi) is 4.08. The van der Waals surface area contributed by atoms with E-state index in [0.29, 0.717) is 6.42 Å². The molecule has 5 nitrogen and oxygen atoms in total. The van der Waals surface area contributed by atoms with E-state index >= 15 is 0 Å². The predicted molar refractivity (Wildman–Crippen MR) is 90.3 cm³/mol. The smallest absolute Gasteiger partial charge is 0.367 e. The molecular weight excluding hydrogens is 378 g/mol. The number of carbonyl (C=O) groups excluding carboxylic acids is 1. The number of esters is 1. The molecule has 8 heteroatoms. The van der Waals surface area contributed by atoms with Gasteiger partial charge in [0, 0.05) is 11.8 Å². The molecule has 2 bridgehead atoms. The first-order valence-electron chi connectivity index (χ1n) is 8.38. The number of halogens is 2. The molecule has 0 N–H and O–H groups in total. The van der Waals surface area contributed by atoms with Gasteiger partial charge in [-0.05, 0) is 28.7 Å². The van der Waals surface area contributed by atoms with Gasteiger partial charge in [-0.1, -0.05) is 48.5 Å². The van der Waals surface area contributed by atoms with Crippen LogP contribution in [0.25, 0.3) is 0 Å². The molecule has 5 rings (SSSR count). The van der Waals surface area contributed by atoms with Crippen molar-refractivity contribution in [1.29, 1.82) is 0 Å². The molecule has 3 aliphatic rings. The lowest BCUT2D eigenvalue weighted by atomic mass is 9.59. The van der Waals surface area contributed by atoms with Crippen molar-refractivity contribution in [3.05, 3.63) is 70.8 Å². The fourth-order valence-electron chi connectivity index (χ4n) is 4.20. The Morgan fingerprint density at radius 2 is 1.52 bits per heavy atom. The van der Waals surface area contributed by atoms with Gasteiger partial charge in [-0.25, -0.2) is 8.42 Å². The molecular formula is C19H15F2O5S-. The third-order valence-electron chi connectivity index (χ3n) is 5.36. The van der Waals surface area contributed by atoms with Gasteiger partial charge in [-0.3, -0.25) is 4.79 Å². The van der Waals surface area contributed by atoms with Crippen LogP contribution in [0, 0.1) is 5.92 Å². The second-order valence-electron chi connectivity index (χ2n) is 6.83. The Morgan fingerprint density at radius 1 is 1.04 bits per heavy atom. The average molecular weight is 393 g/mol. The molecule has 0 fully saturated rings. The SMILES string of the molecule is O=C(OCC(F)(F)S(=O)(=O)[O-])C1CC2c3ccccc3C1c1ccccc12. The zero-order valence-corrected chi connectivity index (χ0v) is 14.8. The first kappa shape index (κ1) is 18.1. The molecule has 0 amide bonds. The van der Waals surface area contributed by atoms with Gasteiger partial charge in [0.1, 0.15) is 0 Å². The molecule has 27 heavy (non-hydrogen) atoms. The standard InChI is InChI=1S/C19H16F2O5S/c20-19(21,27(23,24)25)10-26-18(22)16-9-15-11-5-1-3-7-13(11)17(16)14-8-4-2-6-12(14)15/h1-8,15-17H,9-10H2,(H,23,24,25)/p-1. The molecule has 0 radical (unpaired) electrons. The van der Waals surface area contributed by atoms with Crippen molar-refractivity contribution in [2.24, 2.45) is 5.92 Å². The molecule has 2 aromatic rings. The Labute approximate surface area is 154 Å². The highest BCUT2D eigenvalue weighted by Crippen LogP contribution is 2.55. The second kappa shape index (κ2) is 6.10. The van der Waals surface area contributed by atoms with E-state index in [1.807, 2.05) is 48.5 Å². The van der Waals surface area contributed by atoms with E-state index in [1.165, 1.54) is 0 Å². The van der Waals surface area contributed by atoms with Crippen LogP contribution in [0.15, 0.2) is 48.5 Å². The molecule has 0 spiro atoms. The van der Waals surface area contributed by atoms with E-state index in [2.05, 4.69) is 4.74 Å². The summed E-state index contributed by atoms with van der Waals surface area (Å²) in [6.07, 6.45) is 0.382. The van der Waals surface area contributed by atoms with Gasteiger partial charge in [-0.15, -0.1) is 0 Å². The Bertz CT molecular complexity index is 971. The Balaban J connectivity index is 1.66. The minimum absolute atomic E-state index is 0.0660. The molecule has 1 unspecified atom stereocenters. The second-order valence-corrected chi connectivity index (χ2v) is 8.33. The predicted octanol–water partition coefficient (Wildman–Crippen LogP) is 2.96. The van der Waals surface area contributed by atoms with Crippen LogP contribution in [-0.2, 0) is 19.6 Å². The van der Waals surface area contributed by atoms with Crippen LogP contribution in [0.3, 0.4) is 0 Å². The summed E-state index contributed by atoms with van der Waals surface area (Å²) in [5.41, 5.74) is 4.07. The Morgan fingerprint density at radius 3 is 2.00 bits per heavy atom. The maximum Gasteiger partial charge on any atom is 0.367 e. The minimum Gasteiger partial charge on any atom is -0.743 e. The lowest BCUT2D eigenvalue weighted by molar-refractivity contribution is -0.156. The normalized spacial score (nSPS) is 23.4. The number of benzene rings is 2. The molecule has 0 saturated carbocycles. The first-order valence-corrected chi connectivity index (χ1v) is 9.79. The number of fused-ring (bicyclic) bond motifs is 1. The van der Waals surface area contributed by atoms with Crippen molar-refractivity contribution in [1.82, 2.24) is 0 Å². The third-order valence-corrected chi connectivity index (χ3v) is 6.21. The van der Waals surface area contributed by atoms with Crippen LogP contribution in [0.4, 0.5) is 8.78 Å². The van der Waals surface area contributed by atoms with Crippen molar-refractivity contribution in [2.45, 2.75) is 23.5 Å². The number of hydrogen-bond acceptors (Lipinski definition) is 5. The highest BCUT2D eigenvalue weighted by molar-refractivity contribution is 7.86. The number of hydrogen-bond donors (Lipinski definition) is 0. The van der Waals surface area contributed by atoms with Crippen molar-refractivity contribution < 1.29 is 31.3 Å². The third kappa shape index (κ3) is 2.83. The summed E-state index contributed by atoms with van der Waals surface area (Å²) in [4.78, 5) is 12.5. The average Bonchev–Trinajstić information content (AvgIpc) is 2.65. The molecule has 0 heterocycles. The number of rotatable bonds is 4. The highest BCUT2D eigenvalue weighted by atomic mass is 32.2. The van der Waals surface area contributed by atoms with Crippen molar-refractivity contribution in [3.8, 4) is 0 Å². The van der Waals surface area contributed by atoms with Gasteiger partial charge in [0.05, 0.1) is 5.92 Å². The molecule has 142 valence electrons. The Hall–Kier alpha value is -2.32. The molecule has 0 aliphatic heterocycles. The summed E-state index contributed by atoms with van der Waals surface area (Å²) in [5, 5.41) is -4.65. The van der Waals surface area contributed by atoms with Crippen molar-refractivity contribution >= 4 is 16.1 Å². The lowest BCUT2D eigenvalue weighted by Gasteiger charge is -2.44. The van der Waals surface area contributed by atoms with Gasteiger partial charge < -0.3 is 9.29 Å². The van der Waals surface area contributed by atoms with E-state index in [-0.39, 0.29) is 11.8 Å². The summed E-state index contributed by atoms with van der Waals surface area (Å²) in [6.45, 7) is -1.77. The van der Waals surface area contributed by atoms with Crippen molar-refractivity contribution in [3.63, 3.8) is 0 Å². The first-order chi connectivity index (χ1) is 12.7. The molecule has 2 aromatic carbocycles. The fraction of sp³-hybridized carbons (Fsp3) is 0.316.